The van der Waals surface area contributed by atoms with Gasteiger partial charge in [0.25, 0.3) is 17.5 Å². The molecule has 0 atom stereocenters. The highest BCUT2D eigenvalue weighted by atomic mass is 16.4. The van der Waals surface area contributed by atoms with E-state index in [2.05, 4.69) is 49.6 Å². The lowest BCUT2D eigenvalue weighted by Gasteiger charge is -2.48. The maximum absolute atomic E-state index is 12.9. The van der Waals surface area contributed by atoms with Crippen LogP contribution in [-0.4, -0.2) is 47.4 Å². The molecule has 0 spiro atoms. The summed E-state index contributed by atoms with van der Waals surface area (Å²) >= 11 is 0. The summed E-state index contributed by atoms with van der Waals surface area (Å²) in [6, 6.07) is 4.44. The molecule has 3 heterocycles. The van der Waals surface area contributed by atoms with Crippen molar-refractivity contribution in [2.24, 2.45) is 0 Å². The normalized spacial score (nSPS) is 22.0. The highest BCUT2D eigenvalue weighted by Crippen LogP contribution is 2.49. The number of carboxylic acid groups (broad SMARTS) is 1. The van der Waals surface area contributed by atoms with Crippen molar-refractivity contribution in [1.29, 1.82) is 0 Å². The molecular weight excluding hydrogens is 442 g/mol. The molecule has 3 aliphatic rings. The Morgan fingerprint density at radius 1 is 1.09 bits per heavy atom. The van der Waals surface area contributed by atoms with Gasteiger partial charge in [0.05, 0.1) is 6.57 Å². The van der Waals surface area contributed by atoms with E-state index in [1.807, 2.05) is 6.08 Å². The van der Waals surface area contributed by atoms with Gasteiger partial charge in [0.1, 0.15) is 6.54 Å². The largest absolute Gasteiger partial charge is 0.480 e. The minimum Gasteiger partial charge on any atom is -0.480 e. The van der Waals surface area contributed by atoms with Crippen LogP contribution in [0.5, 0.6) is 0 Å². The molecule has 2 amide bonds. The van der Waals surface area contributed by atoms with Crippen molar-refractivity contribution >= 4 is 29.5 Å². The number of hydrogen-bond acceptors (Lipinski definition) is 4. The van der Waals surface area contributed by atoms with E-state index in [1.54, 1.807) is 19.1 Å². The molecule has 0 saturated carbocycles. The van der Waals surface area contributed by atoms with Gasteiger partial charge < -0.3 is 10.0 Å². The van der Waals surface area contributed by atoms with Crippen molar-refractivity contribution < 1.29 is 19.5 Å². The summed E-state index contributed by atoms with van der Waals surface area (Å²) in [5.41, 5.74) is 5.34. The lowest BCUT2D eigenvalue weighted by Crippen LogP contribution is -2.45. The zero-order chi connectivity index (χ0) is 25.7. The van der Waals surface area contributed by atoms with E-state index < -0.39 is 24.3 Å². The maximum Gasteiger partial charge on any atom is 0.323 e. The van der Waals surface area contributed by atoms with Crippen LogP contribution in [-0.2, 0) is 25.2 Å². The second-order valence-corrected chi connectivity index (χ2v) is 10.8. The molecule has 0 saturated heterocycles. The molecule has 7 nitrogen and oxygen atoms in total. The van der Waals surface area contributed by atoms with Crippen LogP contribution >= 0.6 is 0 Å². The first-order chi connectivity index (χ1) is 16.4. The number of aliphatic carboxylic acids is 1. The number of carboxylic acids is 1. The quantitative estimate of drug-likeness (QED) is 0.397. The molecule has 7 heteroatoms. The van der Waals surface area contributed by atoms with Crippen LogP contribution < -0.4 is 4.90 Å². The van der Waals surface area contributed by atoms with Gasteiger partial charge in [0.15, 0.2) is 0 Å². The summed E-state index contributed by atoms with van der Waals surface area (Å²) in [7, 11) is 0. The monoisotopic (exact) mass is 473 g/mol. The van der Waals surface area contributed by atoms with Crippen molar-refractivity contribution in [3.63, 3.8) is 0 Å². The van der Waals surface area contributed by atoms with Crippen LogP contribution in [0.2, 0.25) is 0 Å². The van der Waals surface area contributed by atoms with E-state index in [9.17, 15) is 14.4 Å². The molecule has 3 aliphatic heterocycles. The topological polar surface area (TPSA) is 82.3 Å². The molecule has 0 radical (unpaired) electrons. The Labute approximate surface area is 206 Å². The number of imide groups is 1. The summed E-state index contributed by atoms with van der Waals surface area (Å²) < 4.78 is 0. The fourth-order valence-electron chi connectivity index (χ4n) is 5.24. The number of anilines is 1. The minimum absolute atomic E-state index is 0.0528. The van der Waals surface area contributed by atoms with Crippen LogP contribution in [0, 0.1) is 6.57 Å². The van der Waals surface area contributed by atoms with Gasteiger partial charge >= 0.3 is 5.97 Å². The predicted octanol–water partition coefficient (Wildman–Crippen LogP) is 4.44. The number of benzene rings is 1. The first kappa shape index (κ1) is 24.5. The Morgan fingerprint density at radius 2 is 1.66 bits per heavy atom. The van der Waals surface area contributed by atoms with Crippen LogP contribution in [0.25, 0.3) is 10.9 Å². The van der Waals surface area contributed by atoms with Gasteiger partial charge in [-0.05, 0) is 65.0 Å². The van der Waals surface area contributed by atoms with Crippen molar-refractivity contribution in [2.45, 2.75) is 58.3 Å². The van der Waals surface area contributed by atoms with E-state index >= 15 is 0 Å². The summed E-state index contributed by atoms with van der Waals surface area (Å²) in [6.07, 6.45) is 7.41. The molecule has 0 aromatic heterocycles. The molecule has 35 heavy (non-hydrogen) atoms. The van der Waals surface area contributed by atoms with Crippen LogP contribution in [0.1, 0.15) is 64.2 Å². The highest BCUT2D eigenvalue weighted by molar-refractivity contribution is 6.18. The first-order valence-electron chi connectivity index (χ1n) is 11.9. The SMILES string of the molecule is [C-]#[N+]C1=C(C)/C(=C/C=C/c2cc3c4c(c2)C(C)(C)CCN4CCC3(C)C)C(=O)N(CC(=O)O)C1=O. The number of rotatable bonds is 4. The van der Waals surface area contributed by atoms with Crippen molar-refractivity contribution in [3.8, 4) is 0 Å². The molecule has 182 valence electrons. The molecule has 1 aromatic carbocycles. The van der Waals surface area contributed by atoms with Gasteiger partial charge in [-0.2, -0.15) is 0 Å². The third-order valence-electron chi connectivity index (χ3n) is 7.56. The number of nitrogens with zero attached hydrogens (tertiary/aromatic N) is 3. The lowest BCUT2D eigenvalue weighted by atomic mass is 9.69. The van der Waals surface area contributed by atoms with E-state index in [4.69, 9.17) is 11.7 Å². The van der Waals surface area contributed by atoms with Crippen LogP contribution in [0.3, 0.4) is 0 Å². The second kappa shape index (κ2) is 8.53. The second-order valence-electron chi connectivity index (χ2n) is 10.8. The molecule has 0 aliphatic carbocycles. The van der Waals surface area contributed by atoms with Crippen molar-refractivity contribution in [3.05, 3.63) is 69.2 Å². The van der Waals surface area contributed by atoms with Gasteiger partial charge in [0.2, 0.25) is 0 Å². The van der Waals surface area contributed by atoms with Crippen molar-refractivity contribution in [1.82, 2.24) is 4.90 Å². The molecule has 0 unspecified atom stereocenters. The number of amides is 2. The summed E-state index contributed by atoms with van der Waals surface area (Å²) in [5, 5.41) is 9.11. The smallest absolute Gasteiger partial charge is 0.323 e. The third kappa shape index (κ3) is 4.18. The van der Waals surface area contributed by atoms with E-state index in [1.165, 1.54) is 16.8 Å². The molecular formula is C28H31N3O4. The minimum atomic E-state index is -1.31. The van der Waals surface area contributed by atoms with E-state index in [0.29, 0.717) is 4.90 Å². The van der Waals surface area contributed by atoms with Crippen molar-refractivity contribution in [2.75, 3.05) is 24.5 Å². The fraction of sp³-hybridized carbons (Fsp3) is 0.429. The molecule has 4 rings (SSSR count). The van der Waals surface area contributed by atoms with Gasteiger partial charge in [-0.3, -0.25) is 19.3 Å². The van der Waals surface area contributed by atoms with Gasteiger partial charge in [-0.15, -0.1) is 0 Å². The summed E-state index contributed by atoms with van der Waals surface area (Å²) in [4.78, 5) is 42.9. The Morgan fingerprint density at radius 3 is 2.17 bits per heavy atom. The summed E-state index contributed by atoms with van der Waals surface area (Å²) in [5.74, 6) is -2.88. The zero-order valence-corrected chi connectivity index (χ0v) is 20.9. The first-order valence-corrected chi connectivity index (χ1v) is 11.9. The standard InChI is InChI=1S/C28H31N3O4/c1-17-19(25(34)31(16-22(32)33)26(35)23(17)29-6)9-7-8-18-14-20-24-21(15-18)28(4,5)11-13-30(24)12-10-27(20,2)3/h7-9,14-15H,10-13,16H2,1-5H3,(H,32,33)/b8-7+,19-9-. The van der Waals surface area contributed by atoms with Gasteiger partial charge in [-0.1, -0.05) is 45.9 Å². The fourth-order valence-corrected chi connectivity index (χ4v) is 5.24. The van der Waals surface area contributed by atoms with E-state index in [-0.39, 0.29) is 27.7 Å². The Bertz CT molecular complexity index is 1230. The highest BCUT2D eigenvalue weighted by Gasteiger charge is 2.40. The number of carbonyl (C=O) groups is 3. The zero-order valence-electron chi connectivity index (χ0n) is 20.9. The van der Waals surface area contributed by atoms with E-state index in [0.717, 1.165) is 31.5 Å². The third-order valence-corrected chi connectivity index (χ3v) is 7.56. The number of carbonyl (C=O) groups excluding carboxylic acids is 2. The van der Waals surface area contributed by atoms with Crippen LogP contribution in [0.4, 0.5) is 5.69 Å². The Balaban J connectivity index is 1.77. The average Bonchev–Trinajstić information content (AvgIpc) is 2.78. The van der Waals surface area contributed by atoms with Crippen LogP contribution in [0.15, 0.2) is 41.1 Å². The summed E-state index contributed by atoms with van der Waals surface area (Å²) in [6.45, 7) is 19.4. The number of allylic oxidation sites excluding steroid dienone is 2. The van der Waals surface area contributed by atoms with Gasteiger partial charge in [0, 0.05) is 24.4 Å². The molecule has 0 fully saturated rings. The Hall–Kier alpha value is -3.66. The number of hydrogen-bond donors (Lipinski definition) is 1. The molecule has 0 bridgehead atoms. The predicted molar refractivity (Wildman–Crippen MR) is 135 cm³/mol. The molecule has 1 aromatic rings. The Kier molecular flexibility index (Phi) is 5.96. The average molecular weight is 474 g/mol. The van der Waals surface area contributed by atoms with Gasteiger partial charge in [-0.25, -0.2) is 4.85 Å². The lowest BCUT2D eigenvalue weighted by molar-refractivity contribution is -0.149. The molecule has 1 N–H and O–H groups in total. The maximum atomic E-state index is 12.9.